The van der Waals surface area contributed by atoms with Crippen LogP contribution in [-0.4, -0.2) is 51.9 Å². The Hall–Kier alpha value is -4.27. The van der Waals surface area contributed by atoms with Crippen LogP contribution in [0.25, 0.3) is 22.6 Å². The van der Waals surface area contributed by atoms with E-state index in [0.717, 1.165) is 30.7 Å². The molecule has 0 unspecified atom stereocenters. The Balaban J connectivity index is 1.74. The van der Waals surface area contributed by atoms with Crippen molar-refractivity contribution in [2.45, 2.75) is 24.2 Å². The molecule has 0 aliphatic rings. The maximum atomic E-state index is 13.4. The van der Waals surface area contributed by atoms with Crippen LogP contribution in [0.3, 0.4) is 0 Å². The van der Waals surface area contributed by atoms with Crippen LogP contribution in [0.2, 0.25) is 0 Å². The first-order valence-corrected chi connectivity index (χ1v) is 12.2. The molecule has 1 aromatic carbocycles. The van der Waals surface area contributed by atoms with Gasteiger partial charge < -0.3 is 10.1 Å². The van der Waals surface area contributed by atoms with E-state index in [4.69, 9.17) is 0 Å². The fourth-order valence-electron chi connectivity index (χ4n) is 3.29. The third-order valence-electron chi connectivity index (χ3n) is 4.91. The van der Waals surface area contributed by atoms with Gasteiger partial charge in [0.15, 0.2) is 15.5 Å². The van der Waals surface area contributed by atoms with Crippen LogP contribution in [0.15, 0.2) is 53.9 Å². The number of hydrogen-bond acceptors (Lipinski definition) is 9. The predicted octanol–water partition coefficient (Wildman–Crippen LogP) is 3.41. The number of pyridine rings is 1. The van der Waals surface area contributed by atoms with E-state index >= 15 is 0 Å². The van der Waals surface area contributed by atoms with Crippen LogP contribution >= 0.6 is 0 Å². The second-order valence-electron chi connectivity index (χ2n) is 7.76. The number of benzene rings is 1. The molecule has 0 saturated heterocycles. The van der Waals surface area contributed by atoms with Crippen molar-refractivity contribution in [3.8, 4) is 17.1 Å². The predicted molar refractivity (Wildman–Crippen MR) is 120 cm³/mol. The molecule has 0 radical (unpaired) electrons. The van der Waals surface area contributed by atoms with Gasteiger partial charge in [0, 0.05) is 11.8 Å². The second kappa shape index (κ2) is 9.65. The highest BCUT2D eigenvalue weighted by Crippen LogP contribution is 2.29. The Kier molecular flexibility index (Phi) is 6.73. The zero-order valence-corrected chi connectivity index (χ0v) is 19.8. The topological polar surface area (TPSA) is 137 Å². The number of sulfone groups is 1. The van der Waals surface area contributed by atoms with Gasteiger partial charge in [-0.15, -0.1) is 13.2 Å². The van der Waals surface area contributed by atoms with Crippen LogP contribution in [0, 0.1) is 5.82 Å². The third kappa shape index (κ3) is 6.11. The van der Waals surface area contributed by atoms with Gasteiger partial charge in [0.25, 0.3) is 5.91 Å². The summed E-state index contributed by atoms with van der Waals surface area (Å²) >= 11 is 0. The minimum absolute atomic E-state index is 0.157. The van der Waals surface area contributed by atoms with Crippen LogP contribution in [-0.2, 0) is 9.84 Å². The van der Waals surface area contributed by atoms with Crippen LogP contribution < -0.4 is 10.1 Å². The molecule has 4 aromatic rings. The van der Waals surface area contributed by atoms with Crippen molar-refractivity contribution in [3.05, 3.63) is 66.1 Å². The van der Waals surface area contributed by atoms with Gasteiger partial charge in [0.05, 0.1) is 34.7 Å². The molecule has 192 valence electrons. The zero-order chi connectivity index (χ0) is 27.0. The molecule has 4 rings (SSSR count). The van der Waals surface area contributed by atoms with Gasteiger partial charge in [0.1, 0.15) is 29.1 Å². The summed E-state index contributed by atoms with van der Waals surface area (Å²) in [6.45, 7) is 1.51. The molecule has 0 bridgehead atoms. The molecule has 15 heteroatoms. The summed E-state index contributed by atoms with van der Waals surface area (Å²) in [5.74, 6) is -2.40. The van der Waals surface area contributed by atoms with Gasteiger partial charge in [-0.1, -0.05) is 0 Å². The van der Waals surface area contributed by atoms with E-state index in [1.807, 2.05) is 0 Å². The first-order valence-electron chi connectivity index (χ1n) is 10.3. The molecule has 37 heavy (non-hydrogen) atoms. The van der Waals surface area contributed by atoms with Gasteiger partial charge in [-0.25, -0.2) is 32.7 Å². The lowest BCUT2D eigenvalue weighted by molar-refractivity contribution is -0.274. The van der Waals surface area contributed by atoms with Crippen LogP contribution in [0.4, 0.5) is 17.6 Å². The summed E-state index contributed by atoms with van der Waals surface area (Å²) in [4.78, 5) is 33.2. The SMILES string of the molecule is C[C@H](NC(=O)c1cc(OC(F)(F)F)cc(S(C)(=O)=O)c1)c1nc2ncncc2nc1-c1ccc(F)cn1. The number of carbonyl (C=O) groups excluding carboxylic acids is 1. The molecule has 1 amide bonds. The van der Waals surface area contributed by atoms with Crippen molar-refractivity contribution in [2.24, 2.45) is 0 Å². The molecule has 3 aromatic heterocycles. The van der Waals surface area contributed by atoms with Gasteiger partial charge in [-0.3, -0.25) is 9.78 Å². The van der Waals surface area contributed by atoms with Crippen molar-refractivity contribution in [1.82, 2.24) is 30.2 Å². The normalized spacial score (nSPS) is 12.8. The summed E-state index contributed by atoms with van der Waals surface area (Å²) in [6, 6.07) is 3.91. The molecule has 0 aliphatic carbocycles. The van der Waals surface area contributed by atoms with Gasteiger partial charge in [-0.2, -0.15) is 0 Å². The fourth-order valence-corrected chi connectivity index (χ4v) is 3.96. The monoisotopic (exact) mass is 536 g/mol. The highest BCUT2D eigenvalue weighted by molar-refractivity contribution is 7.90. The summed E-state index contributed by atoms with van der Waals surface area (Å²) in [7, 11) is -3.99. The smallest absolute Gasteiger partial charge is 0.406 e. The van der Waals surface area contributed by atoms with Crippen molar-refractivity contribution in [1.29, 1.82) is 0 Å². The van der Waals surface area contributed by atoms with E-state index < -0.39 is 50.2 Å². The van der Waals surface area contributed by atoms with Crippen LogP contribution in [0.1, 0.15) is 29.0 Å². The van der Waals surface area contributed by atoms with Gasteiger partial charge in [0.2, 0.25) is 0 Å². The van der Waals surface area contributed by atoms with E-state index in [0.29, 0.717) is 11.6 Å². The lowest BCUT2D eigenvalue weighted by Gasteiger charge is -2.18. The Morgan fingerprint density at radius 3 is 2.49 bits per heavy atom. The number of ether oxygens (including phenoxy) is 1. The molecule has 1 N–H and O–H groups in total. The molecule has 1 atom stereocenters. The number of carbonyl (C=O) groups is 1. The minimum atomic E-state index is -5.11. The van der Waals surface area contributed by atoms with Crippen LogP contribution in [0.5, 0.6) is 5.75 Å². The standard InChI is InChI=1S/C22H16F4N6O4S/c1-11(30-21(33)12-5-14(36-22(24,25)26)7-15(6-12)37(2,34)35)18-19(16-4-3-13(23)8-28-16)31-17-9-27-10-29-20(17)32-18/h3-11H,1-2H3,(H,30,33)/t11-/m0/s1. The highest BCUT2D eigenvalue weighted by atomic mass is 32.2. The number of nitrogens with one attached hydrogen (secondary N) is 1. The van der Waals surface area contributed by atoms with Gasteiger partial charge in [-0.05, 0) is 37.3 Å². The lowest BCUT2D eigenvalue weighted by Crippen LogP contribution is -2.28. The van der Waals surface area contributed by atoms with E-state index in [9.17, 15) is 30.8 Å². The summed E-state index contributed by atoms with van der Waals surface area (Å²) in [5, 5.41) is 2.55. The number of nitrogens with zero attached hydrogens (tertiary/aromatic N) is 5. The fraction of sp³-hybridized carbons (Fsp3) is 0.182. The average molecular weight is 536 g/mol. The van der Waals surface area contributed by atoms with E-state index in [1.54, 1.807) is 0 Å². The van der Waals surface area contributed by atoms with Crippen molar-refractivity contribution in [3.63, 3.8) is 0 Å². The molecule has 0 aliphatic heterocycles. The zero-order valence-electron chi connectivity index (χ0n) is 19.0. The average Bonchev–Trinajstić information content (AvgIpc) is 2.82. The number of fused-ring (bicyclic) bond motifs is 1. The van der Waals surface area contributed by atoms with E-state index in [2.05, 4.69) is 35.0 Å². The molecule has 10 nitrogen and oxygen atoms in total. The molecule has 3 heterocycles. The first-order chi connectivity index (χ1) is 17.3. The van der Waals surface area contributed by atoms with Crippen molar-refractivity contribution < 1.29 is 35.5 Å². The molecular weight excluding hydrogens is 520 g/mol. The summed E-state index contributed by atoms with van der Waals surface area (Å²) in [6.07, 6.45) is -0.739. The number of rotatable bonds is 6. The summed E-state index contributed by atoms with van der Waals surface area (Å²) in [5.41, 5.74) is 0.602. The first kappa shape index (κ1) is 25.8. The van der Waals surface area contributed by atoms with E-state index in [1.165, 1.54) is 25.5 Å². The lowest BCUT2D eigenvalue weighted by atomic mass is 10.1. The molecule has 0 spiro atoms. The summed E-state index contributed by atoms with van der Waals surface area (Å²) < 4.78 is 79.5. The maximum Gasteiger partial charge on any atom is 0.573 e. The van der Waals surface area contributed by atoms with Crippen molar-refractivity contribution >= 4 is 26.9 Å². The Morgan fingerprint density at radius 1 is 1.08 bits per heavy atom. The maximum absolute atomic E-state index is 13.4. The number of halogens is 4. The highest BCUT2D eigenvalue weighted by Gasteiger charge is 2.32. The second-order valence-corrected chi connectivity index (χ2v) is 9.77. The van der Waals surface area contributed by atoms with Gasteiger partial charge >= 0.3 is 6.36 Å². The minimum Gasteiger partial charge on any atom is -0.406 e. The molecule has 0 fully saturated rings. The Morgan fingerprint density at radius 2 is 1.84 bits per heavy atom. The van der Waals surface area contributed by atoms with Crippen molar-refractivity contribution in [2.75, 3.05) is 6.26 Å². The quantitative estimate of drug-likeness (QED) is 0.368. The largest absolute Gasteiger partial charge is 0.573 e. The molecule has 0 saturated carbocycles. The number of alkyl halides is 3. The number of hydrogen-bond donors (Lipinski definition) is 1. The van der Waals surface area contributed by atoms with E-state index in [-0.39, 0.29) is 22.7 Å². The Labute approximate surface area is 206 Å². The number of amides is 1. The Bertz CT molecular complexity index is 1600. The molecular formula is C22H16F4N6O4S. The number of aromatic nitrogens is 5. The third-order valence-corrected chi connectivity index (χ3v) is 6.00.